The third-order valence-electron chi connectivity index (χ3n) is 1.97. The highest BCUT2D eigenvalue weighted by Gasteiger charge is 2.03. The molecule has 0 aromatic heterocycles. The van der Waals surface area contributed by atoms with Crippen molar-refractivity contribution in [3.05, 3.63) is 46.0 Å². The van der Waals surface area contributed by atoms with Gasteiger partial charge in [-0.1, -0.05) is 19.9 Å². The molecule has 1 aromatic rings. The van der Waals surface area contributed by atoms with Crippen LogP contribution in [0.4, 0.5) is 5.69 Å². The Morgan fingerprint density at radius 3 is 2.07 bits per heavy atom. The second-order valence-corrected chi connectivity index (χ2v) is 2.78. The van der Waals surface area contributed by atoms with Gasteiger partial charge in [-0.3, -0.25) is 10.1 Å². The minimum Gasteiger partial charge on any atom is -0.258 e. The van der Waals surface area contributed by atoms with Gasteiger partial charge in [-0.2, -0.15) is 0 Å². The number of nitrogens with zero attached hydrogens (tertiary/aromatic N) is 1. The predicted molar refractivity (Wildman–Crippen MR) is 63.8 cm³/mol. The van der Waals surface area contributed by atoms with Crippen LogP contribution in [0.5, 0.6) is 0 Å². The van der Waals surface area contributed by atoms with Crippen LogP contribution < -0.4 is 0 Å². The van der Waals surface area contributed by atoms with Crippen molar-refractivity contribution in [1.29, 1.82) is 0 Å². The Labute approximate surface area is 90.6 Å². The zero-order valence-electron chi connectivity index (χ0n) is 9.65. The molecule has 0 fully saturated rings. The smallest absolute Gasteiger partial charge is 0.258 e. The number of nitro groups is 1. The van der Waals surface area contributed by atoms with Gasteiger partial charge in [-0.05, 0) is 37.1 Å². The van der Waals surface area contributed by atoms with Gasteiger partial charge in [0.1, 0.15) is 0 Å². The number of non-ortho nitro benzene ring substituents is 1. The fourth-order valence-electron chi connectivity index (χ4n) is 1.01. The van der Waals surface area contributed by atoms with Gasteiger partial charge >= 0.3 is 0 Å². The predicted octanol–water partition coefficient (Wildman–Crippen LogP) is 4.04. The van der Waals surface area contributed by atoms with Crippen LogP contribution in [0.3, 0.4) is 0 Å². The lowest BCUT2D eigenvalue weighted by Crippen LogP contribution is -1.87. The van der Waals surface area contributed by atoms with E-state index in [9.17, 15) is 10.1 Å². The molecule has 0 atom stereocenters. The molecule has 0 bridgehead atoms. The van der Waals surface area contributed by atoms with Crippen LogP contribution in [0.1, 0.15) is 33.3 Å². The Morgan fingerprint density at radius 1 is 1.27 bits per heavy atom. The average Bonchev–Trinajstić information content (AvgIpc) is 2.31. The Hall–Kier alpha value is -1.64. The van der Waals surface area contributed by atoms with Crippen molar-refractivity contribution in [2.75, 3.05) is 0 Å². The Kier molecular flexibility index (Phi) is 6.02. The van der Waals surface area contributed by atoms with Crippen molar-refractivity contribution in [1.82, 2.24) is 0 Å². The second kappa shape index (κ2) is 6.76. The summed E-state index contributed by atoms with van der Waals surface area (Å²) in [5.74, 6) is 0. The third-order valence-corrected chi connectivity index (χ3v) is 1.97. The quantitative estimate of drug-likeness (QED) is 0.542. The molecule has 1 aromatic carbocycles. The molecule has 0 unspecified atom stereocenters. The number of allylic oxidation sites excluding steroid dienone is 2. The van der Waals surface area contributed by atoms with Crippen LogP contribution in [-0.4, -0.2) is 4.92 Å². The third kappa shape index (κ3) is 3.94. The van der Waals surface area contributed by atoms with Crippen molar-refractivity contribution in [3.8, 4) is 0 Å². The van der Waals surface area contributed by atoms with E-state index in [0.717, 1.165) is 11.1 Å². The summed E-state index contributed by atoms with van der Waals surface area (Å²) in [5, 5.41) is 10.3. The first-order chi connectivity index (χ1) is 7.15. The van der Waals surface area contributed by atoms with E-state index in [0.29, 0.717) is 0 Å². The van der Waals surface area contributed by atoms with Gasteiger partial charge < -0.3 is 0 Å². The number of benzene rings is 1. The second-order valence-electron chi connectivity index (χ2n) is 2.78. The van der Waals surface area contributed by atoms with E-state index in [1.165, 1.54) is 12.1 Å². The summed E-state index contributed by atoms with van der Waals surface area (Å²) in [6.07, 6.45) is 1.97. The number of rotatable bonds is 2. The first kappa shape index (κ1) is 13.4. The topological polar surface area (TPSA) is 43.1 Å². The number of hydrogen-bond donors (Lipinski definition) is 0. The minimum atomic E-state index is -0.394. The molecule has 0 aliphatic rings. The molecular weight excluding hydrogens is 190 g/mol. The van der Waals surface area contributed by atoms with Gasteiger partial charge in [-0.15, -0.1) is 0 Å². The molecule has 0 amide bonds. The van der Waals surface area contributed by atoms with Crippen molar-refractivity contribution in [2.24, 2.45) is 0 Å². The van der Waals surface area contributed by atoms with Crippen LogP contribution in [-0.2, 0) is 0 Å². The van der Waals surface area contributed by atoms with E-state index in [4.69, 9.17) is 0 Å². The Bertz CT molecular complexity index is 339. The van der Waals surface area contributed by atoms with E-state index in [1.807, 2.05) is 33.8 Å². The lowest BCUT2D eigenvalue weighted by Gasteiger charge is -1.98. The fraction of sp³-hybridized carbons (Fsp3) is 0.333. The van der Waals surface area contributed by atoms with E-state index in [-0.39, 0.29) is 5.69 Å². The molecule has 0 radical (unpaired) electrons. The molecule has 82 valence electrons. The Morgan fingerprint density at radius 2 is 1.73 bits per heavy atom. The molecule has 3 nitrogen and oxygen atoms in total. The van der Waals surface area contributed by atoms with Gasteiger partial charge in [0.25, 0.3) is 5.69 Å². The highest BCUT2D eigenvalue weighted by Crippen LogP contribution is 2.17. The largest absolute Gasteiger partial charge is 0.269 e. The minimum absolute atomic E-state index is 0.132. The highest BCUT2D eigenvalue weighted by atomic mass is 16.6. The highest BCUT2D eigenvalue weighted by molar-refractivity contribution is 5.64. The van der Waals surface area contributed by atoms with Crippen LogP contribution >= 0.6 is 0 Å². The summed E-state index contributed by atoms with van der Waals surface area (Å²) in [5.41, 5.74) is 2.27. The van der Waals surface area contributed by atoms with Gasteiger partial charge in [0, 0.05) is 12.1 Å². The monoisotopic (exact) mass is 207 g/mol. The normalized spacial score (nSPS) is 10.3. The summed E-state index contributed by atoms with van der Waals surface area (Å²) in [6, 6.07) is 6.55. The van der Waals surface area contributed by atoms with Gasteiger partial charge in [-0.25, -0.2) is 0 Å². The van der Waals surface area contributed by atoms with E-state index in [1.54, 1.807) is 12.1 Å². The lowest BCUT2D eigenvalue weighted by molar-refractivity contribution is -0.384. The van der Waals surface area contributed by atoms with E-state index < -0.39 is 4.92 Å². The number of nitro benzene ring substituents is 1. The molecular formula is C12H17NO2. The van der Waals surface area contributed by atoms with Crippen LogP contribution in [0.15, 0.2) is 30.3 Å². The van der Waals surface area contributed by atoms with Crippen molar-refractivity contribution < 1.29 is 4.92 Å². The van der Waals surface area contributed by atoms with Gasteiger partial charge in [0.15, 0.2) is 0 Å². The van der Waals surface area contributed by atoms with Crippen LogP contribution in [0.2, 0.25) is 0 Å². The summed E-state index contributed by atoms with van der Waals surface area (Å²) < 4.78 is 0. The molecule has 0 aliphatic carbocycles. The van der Waals surface area contributed by atoms with Crippen molar-refractivity contribution >= 4 is 11.3 Å². The number of hydrogen-bond acceptors (Lipinski definition) is 2. The van der Waals surface area contributed by atoms with Crippen LogP contribution in [0, 0.1) is 10.1 Å². The molecule has 0 aliphatic heterocycles. The van der Waals surface area contributed by atoms with E-state index in [2.05, 4.69) is 0 Å². The molecule has 15 heavy (non-hydrogen) atoms. The van der Waals surface area contributed by atoms with E-state index >= 15 is 0 Å². The molecule has 0 saturated carbocycles. The zero-order chi connectivity index (χ0) is 11.8. The Balaban J connectivity index is 0.000000921. The molecule has 1 rings (SSSR count). The molecule has 3 heteroatoms. The van der Waals surface area contributed by atoms with Crippen molar-refractivity contribution in [3.63, 3.8) is 0 Å². The van der Waals surface area contributed by atoms with Crippen molar-refractivity contribution in [2.45, 2.75) is 27.7 Å². The maximum absolute atomic E-state index is 10.3. The maximum Gasteiger partial charge on any atom is 0.269 e. The summed E-state index contributed by atoms with van der Waals surface area (Å²) in [4.78, 5) is 9.95. The van der Waals surface area contributed by atoms with Gasteiger partial charge in [0.2, 0.25) is 0 Å². The summed E-state index contributed by atoms with van der Waals surface area (Å²) in [6.45, 7) is 7.91. The first-order valence-electron chi connectivity index (χ1n) is 5.03. The fourth-order valence-corrected chi connectivity index (χ4v) is 1.01. The first-order valence-corrected chi connectivity index (χ1v) is 5.03. The lowest BCUT2D eigenvalue weighted by atomic mass is 10.1. The molecule has 0 heterocycles. The SMILES string of the molecule is C/C=C(/C)c1ccc([N+](=O)[O-])cc1.CC. The standard InChI is InChI=1S/C10H11NO2.C2H6/c1-3-8(2)9-4-6-10(7-5-9)11(12)13;1-2/h3-7H,1-2H3;1-2H3/b8-3-;. The van der Waals surface area contributed by atoms with Gasteiger partial charge in [0.05, 0.1) is 4.92 Å². The van der Waals surface area contributed by atoms with Crippen LogP contribution in [0.25, 0.3) is 5.57 Å². The zero-order valence-corrected chi connectivity index (χ0v) is 9.65. The molecule has 0 N–H and O–H groups in total. The average molecular weight is 207 g/mol. The summed E-state index contributed by atoms with van der Waals surface area (Å²) >= 11 is 0. The molecule has 0 spiro atoms. The maximum atomic E-state index is 10.3. The molecule has 0 saturated heterocycles. The summed E-state index contributed by atoms with van der Waals surface area (Å²) in [7, 11) is 0.